The Morgan fingerprint density at radius 2 is 1.66 bits per heavy atom. The predicted molar refractivity (Wildman–Crippen MR) is 213 cm³/mol. The quantitative estimate of drug-likeness (QED) is 0.155. The second kappa shape index (κ2) is 15.4. The number of aryl methyl sites for hydroxylation is 1. The minimum atomic E-state index is -0.604. The van der Waals surface area contributed by atoms with Crippen molar-refractivity contribution in [1.82, 2.24) is 15.1 Å². The third-order valence-electron chi connectivity index (χ3n) is 12.8. The summed E-state index contributed by atoms with van der Waals surface area (Å²) in [4.78, 5) is 43.8. The number of fused-ring (bicyclic) bond motifs is 2. The van der Waals surface area contributed by atoms with Crippen molar-refractivity contribution in [2.75, 3.05) is 50.8 Å². The van der Waals surface area contributed by atoms with E-state index < -0.39 is 6.04 Å². The molecule has 4 aromatic rings. The van der Waals surface area contributed by atoms with Crippen LogP contribution in [0.5, 0.6) is 11.5 Å². The molecule has 9 rings (SSSR count). The summed E-state index contributed by atoms with van der Waals surface area (Å²) in [6.45, 7) is 6.31. The number of imide groups is 1. The molecule has 2 N–H and O–H groups in total. The molecule has 5 aliphatic rings. The second-order valence-corrected chi connectivity index (χ2v) is 16.2. The van der Waals surface area contributed by atoms with Gasteiger partial charge in [-0.05, 0) is 115 Å². The Labute approximate surface area is 328 Å². The summed E-state index contributed by atoms with van der Waals surface area (Å²) in [5.74, 6) is 1.00. The van der Waals surface area contributed by atoms with Crippen molar-refractivity contribution >= 4 is 23.4 Å². The number of hydrogen-bond donors (Lipinski definition) is 2. The molecule has 1 spiro atoms. The summed E-state index contributed by atoms with van der Waals surface area (Å²) >= 11 is 0. The molecule has 3 atom stereocenters. The minimum absolute atomic E-state index is 0.140. The molecular weight excluding hydrogens is 705 g/mol. The Kier molecular flexibility index (Phi) is 10.0. The van der Waals surface area contributed by atoms with Crippen LogP contribution in [0, 0.1) is 0 Å². The molecule has 0 bridgehead atoms. The Bertz CT molecular complexity index is 2100. The number of carbonyl (C=O) groups excluding carboxylic acids is 3. The number of aromatic hydroxyl groups is 1. The van der Waals surface area contributed by atoms with Gasteiger partial charge in [0.1, 0.15) is 17.5 Å². The van der Waals surface area contributed by atoms with E-state index in [9.17, 15) is 19.5 Å². The topological polar surface area (TPSA) is 112 Å². The fraction of sp³-hybridized carbons (Fsp3) is 0.413. The molecule has 10 heteroatoms. The van der Waals surface area contributed by atoms with Gasteiger partial charge < -0.3 is 24.4 Å². The van der Waals surface area contributed by atoms with Crippen molar-refractivity contribution in [3.05, 3.63) is 124 Å². The van der Waals surface area contributed by atoms with Gasteiger partial charge in [0.15, 0.2) is 0 Å². The summed E-state index contributed by atoms with van der Waals surface area (Å²) in [5, 5.41) is 12.6. The van der Waals surface area contributed by atoms with Crippen LogP contribution in [0.2, 0.25) is 0 Å². The summed E-state index contributed by atoms with van der Waals surface area (Å²) in [6, 6.07) is 30.7. The first kappa shape index (κ1) is 36.4. The molecule has 4 aliphatic heterocycles. The van der Waals surface area contributed by atoms with Gasteiger partial charge in [0.2, 0.25) is 11.8 Å². The van der Waals surface area contributed by atoms with Crippen LogP contribution in [-0.2, 0) is 27.3 Å². The van der Waals surface area contributed by atoms with Crippen molar-refractivity contribution in [1.29, 1.82) is 0 Å². The predicted octanol–water partition coefficient (Wildman–Crippen LogP) is 6.16. The van der Waals surface area contributed by atoms with Gasteiger partial charge in [-0.2, -0.15) is 0 Å². The van der Waals surface area contributed by atoms with Crippen molar-refractivity contribution in [2.24, 2.45) is 0 Å². The zero-order chi connectivity index (χ0) is 38.2. The van der Waals surface area contributed by atoms with E-state index >= 15 is 0 Å². The number of anilines is 1. The van der Waals surface area contributed by atoms with Crippen molar-refractivity contribution in [3.63, 3.8) is 0 Å². The number of morpholine rings is 1. The maximum Gasteiger partial charge on any atom is 0.255 e. The van der Waals surface area contributed by atoms with Crippen LogP contribution in [0.25, 0.3) is 0 Å². The Morgan fingerprint density at radius 3 is 2.46 bits per heavy atom. The molecule has 3 amide bonds. The van der Waals surface area contributed by atoms with E-state index in [2.05, 4.69) is 81.8 Å². The molecule has 0 saturated carbocycles. The highest BCUT2D eigenvalue weighted by Crippen LogP contribution is 2.47. The molecule has 3 saturated heterocycles. The number of ether oxygens (including phenoxy) is 2. The zero-order valence-electron chi connectivity index (χ0n) is 31.8. The Morgan fingerprint density at radius 1 is 0.839 bits per heavy atom. The first-order valence-electron chi connectivity index (χ1n) is 20.3. The van der Waals surface area contributed by atoms with E-state index in [4.69, 9.17) is 9.47 Å². The summed E-state index contributed by atoms with van der Waals surface area (Å²) in [7, 11) is 0. The van der Waals surface area contributed by atoms with Crippen LogP contribution in [0.3, 0.4) is 0 Å². The standard InChI is InChI=1S/C46H50N4O6/c51-36-11-16-39-33(28-36)9-14-38(31-5-2-1-3-6-31)43(39)32-7-12-37(13-8-32)55-25-4-21-48-24-26-56-46(30-48)19-22-49(23-20-46)35-10-15-40-34(27-35)29-50(45(40)54)41-17-18-42(52)47-44(41)53/h1-3,5-8,10-13,15-16,27-28,38,41,43,51H,4,9,14,17-26,29-30H2,(H,47,52,53)/t38-,41?,43+/m1/s1. The van der Waals surface area contributed by atoms with Gasteiger partial charge in [0.25, 0.3) is 5.91 Å². The third-order valence-corrected chi connectivity index (χ3v) is 12.8. The smallest absolute Gasteiger partial charge is 0.255 e. The minimum Gasteiger partial charge on any atom is -0.508 e. The highest BCUT2D eigenvalue weighted by atomic mass is 16.5. The van der Waals surface area contributed by atoms with E-state index in [1.54, 1.807) is 4.90 Å². The van der Waals surface area contributed by atoms with Crippen LogP contribution >= 0.6 is 0 Å². The first-order chi connectivity index (χ1) is 27.3. The molecule has 4 aromatic carbocycles. The Hall–Kier alpha value is -5.19. The highest BCUT2D eigenvalue weighted by molar-refractivity contribution is 6.05. The maximum absolute atomic E-state index is 13.2. The maximum atomic E-state index is 13.2. The molecule has 56 heavy (non-hydrogen) atoms. The van der Waals surface area contributed by atoms with E-state index in [1.165, 1.54) is 22.3 Å². The number of phenols is 1. The van der Waals surface area contributed by atoms with Gasteiger partial charge in [0.05, 0.1) is 18.8 Å². The van der Waals surface area contributed by atoms with Gasteiger partial charge in [-0.15, -0.1) is 0 Å². The Balaban J connectivity index is 0.764. The van der Waals surface area contributed by atoms with Gasteiger partial charge >= 0.3 is 0 Å². The normalized spacial score (nSPS) is 23.5. The molecule has 10 nitrogen and oxygen atoms in total. The largest absolute Gasteiger partial charge is 0.508 e. The lowest BCUT2D eigenvalue weighted by Gasteiger charge is -2.48. The van der Waals surface area contributed by atoms with Gasteiger partial charge in [-0.25, -0.2) is 0 Å². The molecule has 290 valence electrons. The van der Waals surface area contributed by atoms with E-state index in [0.29, 0.717) is 36.8 Å². The van der Waals surface area contributed by atoms with Crippen LogP contribution in [0.1, 0.15) is 88.5 Å². The van der Waals surface area contributed by atoms with E-state index in [0.717, 1.165) is 88.4 Å². The van der Waals surface area contributed by atoms with Gasteiger partial charge in [-0.1, -0.05) is 48.5 Å². The number of phenolic OH excluding ortho intramolecular Hbond substituents is 1. The van der Waals surface area contributed by atoms with E-state index in [1.807, 2.05) is 24.3 Å². The number of amides is 3. The molecule has 1 aliphatic carbocycles. The molecular formula is C46H50N4O6. The monoisotopic (exact) mass is 754 g/mol. The van der Waals surface area contributed by atoms with Gasteiger partial charge in [-0.3, -0.25) is 24.6 Å². The summed E-state index contributed by atoms with van der Waals surface area (Å²) in [6.07, 6.45) is 5.41. The molecule has 0 aromatic heterocycles. The third kappa shape index (κ3) is 7.28. The number of rotatable bonds is 9. The number of nitrogens with zero attached hydrogens (tertiary/aromatic N) is 3. The SMILES string of the molecule is O=C1CCC(N2Cc3cc(N4CCC5(CC4)CN(CCCOc4ccc([C@@H]6c7ccc(O)cc7CC[C@@H]6c6ccccc6)cc4)CCO5)ccc3C2=O)C(=O)N1. The highest BCUT2D eigenvalue weighted by Gasteiger charge is 2.42. The van der Waals surface area contributed by atoms with Crippen LogP contribution in [-0.4, -0.2) is 90.2 Å². The fourth-order valence-corrected chi connectivity index (χ4v) is 9.87. The molecule has 0 radical (unpaired) electrons. The number of benzene rings is 4. The van der Waals surface area contributed by atoms with Crippen molar-refractivity contribution < 1.29 is 29.0 Å². The van der Waals surface area contributed by atoms with Crippen molar-refractivity contribution in [3.8, 4) is 11.5 Å². The lowest BCUT2D eigenvalue weighted by atomic mass is 9.69. The molecule has 1 unspecified atom stereocenters. The zero-order valence-corrected chi connectivity index (χ0v) is 31.8. The van der Waals surface area contributed by atoms with E-state index in [-0.39, 0.29) is 35.7 Å². The number of nitrogens with one attached hydrogen (secondary N) is 1. The van der Waals surface area contributed by atoms with Gasteiger partial charge in [0, 0.05) is 62.9 Å². The van der Waals surface area contributed by atoms with Crippen LogP contribution < -0.4 is 15.0 Å². The van der Waals surface area contributed by atoms with Crippen LogP contribution in [0.4, 0.5) is 5.69 Å². The average molecular weight is 755 g/mol. The molecule has 3 fully saturated rings. The molecule has 4 heterocycles. The number of piperidine rings is 2. The summed E-state index contributed by atoms with van der Waals surface area (Å²) in [5.41, 5.74) is 7.66. The second-order valence-electron chi connectivity index (χ2n) is 16.2. The lowest BCUT2D eigenvalue weighted by Crippen LogP contribution is -2.57. The van der Waals surface area contributed by atoms with Crippen molar-refractivity contribution in [2.45, 2.75) is 75.0 Å². The number of carbonyl (C=O) groups is 3. The number of hydrogen-bond acceptors (Lipinski definition) is 8. The lowest BCUT2D eigenvalue weighted by molar-refractivity contribution is -0.136. The summed E-state index contributed by atoms with van der Waals surface area (Å²) < 4.78 is 12.8. The fourth-order valence-electron chi connectivity index (χ4n) is 9.87. The van der Waals surface area contributed by atoms with Crippen LogP contribution in [0.15, 0.2) is 91.0 Å². The first-order valence-corrected chi connectivity index (χ1v) is 20.3. The average Bonchev–Trinajstić information content (AvgIpc) is 3.54.